The number of benzene rings is 2. The first-order valence-corrected chi connectivity index (χ1v) is 10.5. The van der Waals surface area contributed by atoms with Crippen LogP contribution in [0, 0.1) is 6.92 Å². The highest BCUT2D eigenvalue weighted by molar-refractivity contribution is 8.00. The Morgan fingerprint density at radius 1 is 1.00 bits per heavy atom. The largest absolute Gasteiger partial charge is 0.341 e. The monoisotopic (exact) mass is 392 g/mol. The zero-order valence-electron chi connectivity index (χ0n) is 16.0. The number of carbonyl (C=O) groups is 1. The highest BCUT2D eigenvalue weighted by atomic mass is 32.2. The molecular formula is C22H24N4OS. The molecule has 1 unspecified atom stereocenters. The molecule has 144 valence electrons. The summed E-state index contributed by atoms with van der Waals surface area (Å²) in [5.41, 5.74) is 2.20. The lowest BCUT2D eigenvalue weighted by molar-refractivity contribution is -0.129. The van der Waals surface area contributed by atoms with E-state index >= 15 is 0 Å². The van der Waals surface area contributed by atoms with Crippen molar-refractivity contribution in [3.63, 3.8) is 0 Å². The number of nitrogens with zero attached hydrogens (tertiary/aromatic N) is 4. The van der Waals surface area contributed by atoms with Gasteiger partial charge in [0, 0.05) is 13.1 Å². The second-order valence-corrected chi connectivity index (χ2v) is 8.11. The number of hydrogen-bond donors (Lipinski definition) is 0. The van der Waals surface area contributed by atoms with Gasteiger partial charge in [0.1, 0.15) is 11.1 Å². The summed E-state index contributed by atoms with van der Waals surface area (Å²) in [5, 5.41) is 9.15. The molecule has 5 nitrogen and oxygen atoms in total. The summed E-state index contributed by atoms with van der Waals surface area (Å²) in [6.07, 6.45) is 2.17. The van der Waals surface area contributed by atoms with Gasteiger partial charge >= 0.3 is 0 Å². The predicted molar refractivity (Wildman–Crippen MR) is 111 cm³/mol. The van der Waals surface area contributed by atoms with E-state index in [1.807, 2.05) is 60.4 Å². The van der Waals surface area contributed by atoms with Crippen molar-refractivity contribution in [2.75, 3.05) is 13.1 Å². The number of hydrogen-bond acceptors (Lipinski definition) is 4. The van der Waals surface area contributed by atoms with Gasteiger partial charge in [0.05, 0.1) is 6.54 Å². The minimum absolute atomic E-state index is 0.167. The van der Waals surface area contributed by atoms with Gasteiger partial charge in [0.25, 0.3) is 0 Å². The molecule has 1 amide bonds. The fraction of sp³-hybridized carbons (Fsp3) is 0.318. The van der Waals surface area contributed by atoms with Crippen molar-refractivity contribution in [2.24, 2.45) is 0 Å². The van der Waals surface area contributed by atoms with Gasteiger partial charge in [-0.3, -0.25) is 4.79 Å². The molecule has 2 heterocycles. The van der Waals surface area contributed by atoms with Crippen LogP contribution < -0.4 is 0 Å². The molecular weight excluding hydrogens is 368 g/mol. The molecule has 0 aliphatic carbocycles. The third-order valence-electron chi connectivity index (χ3n) is 5.05. The van der Waals surface area contributed by atoms with Crippen LogP contribution in [0.2, 0.25) is 0 Å². The maximum atomic E-state index is 13.3. The van der Waals surface area contributed by atoms with E-state index in [1.165, 1.54) is 17.3 Å². The molecule has 0 radical (unpaired) electrons. The second-order valence-electron chi connectivity index (χ2n) is 7.04. The molecule has 0 spiro atoms. The second kappa shape index (κ2) is 8.61. The van der Waals surface area contributed by atoms with E-state index in [2.05, 4.69) is 26.9 Å². The van der Waals surface area contributed by atoms with E-state index in [1.54, 1.807) is 0 Å². The summed E-state index contributed by atoms with van der Waals surface area (Å²) in [5.74, 6) is 1.02. The Morgan fingerprint density at radius 3 is 2.32 bits per heavy atom. The van der Waals surface area contributed by atoms with E-state index < -0.39 is 0 Å². The Labute approximate surface area is 169 Å². The number of aryl methyl sites for hydroxylation is 1. The number of carbonyl (C=O) groups excluding carboxylic acids is 1. The third-order valence-corrected chi connectivity index (χ3v) is 6.28. The zero-order valence-corrected chi connectivity index (χ0v) is 16.8. The van der Waals surface area contributed by atoms with Gasteiger partial charge in [-0.1, -0.05) is 72.4 Å². The Morgan fingerprint density at radius 2 is 1.64 bits per heavy atom. The number of aromatic nitrogens is 3. The molecule has 6 heteroatoms. The number of rotatable bonds is 6. The van der Waals surface area contributed by atoms with E-state index in [0.717, 1.165) is 42.5 Å². The molecule has 2 aromatic carbocycles. The lowest BCUT2D eigenvalue weighted by Crippen LogP contribution is -2.31. The summed E-state index contributed by atoms with van der Waals surface area (Å²) >= 11 is 1.50. The van der Waals surface area contributed by atoms with Crippen molar-refractivity contribution in [3.05, 3.63) is 77.6 Å². The normalized spacial score (nSPS) is 15.0. The van der Waals surface area contributed by atoms with Crippen molar-refractivity contribution in [1.82, 2.24) is 19.7 Å². The number of likely N-dealkylation sites (tertiary alicyclic amines) is 1. The van der Waals surface area contributed by atoms with Gasteiger partial charge in [-0.15, -0.1) is 10.2 Å². The Hall–Kier alpha value is -2.60. The van der Waals surface area contributed by atoms with Gasteiger partial charge in [0.15, 0.2) is 5.16 Å². The lowest BCUT2D eigenvalue weighted by Gasteiger charge is -2.23. The molecule has 4 rings (SSSR count). The maximum absolute atomic E-state index is 13.3. The van der Waals surface area contributed by atoms with Gasteiger partial charge < -0.3 is 9.47 Å². The molecule has 0 saturated carbocycles. The first-order valence-electron chi connectivity index (χ1n) is 9.66. The summed E-state index contributed by atoms with van der Waals surface area (Å²) in [4.78, 5) is 15.3. The molecule has 0 bridgehead atoms. The lowest BCUT2D eigenvalue weighted by atomic mass is 10.1. The summed E-state index contributed by atoms with van der Waals surface area (Å²) in [6.45, 7) is 4.35. The topological polar surface area (TPSA) is 51.0 Å². The van der Waals surface area contributed by atoms with Gasteiger partial charge in [0.2, 0.25) is 5.91 Å². The van der Waals surface area contributed by atoms with Crippen molar-refractivity contribution in [3.8, 4) is 0 Å². The van der Waals surface area contributed by atoms with E-state index in [9.17, 15) is 4.79 Å². The van der Waals surface area contributed by atoms with Crippen molar-refractivity contribution in [1.29, 1.82) is 0 Å². The Balaban J connectivity index is 1.63. The zero-order chi connectivity index (χ0) is 19.3. The molecule has 1 fully saturated rings. The van der Waals surface area contributed by atoms with Gasteiger partial charge in [-0.25, -0.2) is 0 Å². The molecule has 3 aromatic rings. The highest BCUT2D eigenvalue weighted by Crippen LogP contribution is 2.37. The Kier molecular flexibility index (Phi) is 5.76. The van der Waals surface area contributed by atoms with Crippen molar-refractivity contribution < 1.29 is 4.79 Å². The Bertz CT molecular complexity index is 920. The van der Waals surface area contributed by atoms with Crippen molar-refractivity contribution in [2.45, 2.75) is 36.7 Å². The first-order chi connectivity index (χ1) is 13.7. The quantitative estimate of drug-likeness (QED) is 0.593. The van der Waals surface area contributed by atoms with Crippen molar-refractivity contribution >= 4 is 17.7 Å². The highest BCUT2D eigenvalue weighted by Gasteiger charge is 2.30. The fourth-order valence-electron chi connectivity index (χ4n) is 3.49. The molecule has 1 aliphatic rings. The summed E-state index contributed by atoms with van der Waals surface area (Å²) < 4.78 is 2.09. The smallest absolute Gasteiger partial charge is 0.240 e. The van der Waals surface area contributed by atoms with Crippen LogP contribution in [-0.4, -0.2) is 38.7 Å². The molecule has 1 aromatic heterocycles. The fourth-order valence-corrected chi connectivity index (χ4v) is 4.66. The minimum Gasteiger partial charge on any atom is -0.341 e. The molecule has 0 N–H and O–H groups in total. The predicted octanol–water partition coefficient (Wildman–Crippen LogP) is 4.09. The summed E-state index contributed by atoms with van der Waals surface area (Å²) in [6, 6.07) is 20.3. The molecule has 1 saturated heterocycles. The van der Waals surface area contributed by atoms with Crippen LogP contribution in [0.3, 0.4) is 0 Å². The van der Waals surface area contributed by atoms with Crippen LogP contribution in [0.25, 0.3) is 0 Å². The van der Waals surface area contributed by atoms with Crippen LogP contribution in [0.15, 0.2) is 65.8 Å². The minimum atomic E-state index is -0.308. The number of amides is 1. The maximum Gasteiger partial charge on any atom is 0.240 e. The number of thioether (sulfide) groups is 1. The van der Waals surface area contributed by atoms with E-state index in [4.69, 9.17) is 0 Å². The SMILES string of the molecule is Cc1nnc(SC(C(=O)N2CCCC2)c2ccccc2)n1Cc1ccccc1. The molecule has 1 aliphatic heterocycles. The average molecular weight is 393 g/mol. The average Bonchev–Trinajstić information content (AvgIpc) is 3.39. The standard InChI is InChI=1S/C22H24N4OS/c1-17-23-24-22(26(17)16-18-10-4-2-5-11-18)28-20(19-12-6-3-7-13-19)21(27)25-14-8-9-15-25/h2-7,10-13,20H,8-9,14-16H2,1H3. The van der Waals surface area contributed by atoms with Crippen LogP contribution >= 0.6 is 11.8 Å². The third kappa shape index (κ3) is 4.12. The van der Waals surface area contributed by atoms with Gasteiger partial charge in [-0.2, -0.15) is 0 Å². The van der Waals surface area contributed by atoms with Crippen LogP contribution in [-0.2, 0) is 11.3 Å². The van der Waals surface area contributed by atoms with Crippen LogP contribution in [0.5, 0.6) is 0 Å². The first kappa shape index (κ1) is 18.7. The van der Waals surface area contributed by atoms with Gasteiger partial charge in [-0.05, 0) is 30.9 Å². The van der Waals surface area contributed by atoms with Crippen LogP contribution in [0.1, 0.15) is 35.0 Å². The van der Waals surface area contributed by atoms with E-state index in [-0.39, 0.29) is 11.2 Å². The van der Waals surface area contributed by atoms with Crippen LogP contribution in [0.4, 0.5) is 0 Å². The van der Waals surface area contributed by atoms with E-state index in [0.29, 0.717) is 6.54 Å². The summed E-state index contributed by atoms with van der Waals surface area (Å²) in [7, 11) is 0. The molecule has 1 atom stereocenters. The molecule has 28 heavy (non-hydrogen) atoms.